The van der Waals surface area contributed by atoms with Gasteiger partial charge in [-0.1, -0.05) is 19.8 Å². The van der Waals surface area contributed by atoms with Gasteiger partial charge in [-0.25, -0.2) is 8.42 Å². The number of fused-ring (bicyclic) bond motifs is 1. The minimum atomic E-state index is -3.38. The number of benzene rings is 1. The molecular weight excluding hydrogens is 284 g/mol. The summed E-state index contributed by atoms with van der Waals surface area (Å²) >= 11 is 0. The van der Waals surface area contributed by atoms with Crippen molar-refractivity contribution in [3.05, 3.63) is 23.8 Å². The fourth-order valence-electron chi connectivity index (χ4n) is 3.54. The highest BCUT2D eigenvalue weighted by atomic mass is 32.2. The van der Waals surface area contributed by atoms with E-state index >= 15 is 0 Å². The summed E-state index contributed by atoms with van der Waals surface area (Å²) < 4.78 is 27.3. The van der Waals surface area contributed by atoms with Crippen molar-refractivity contribution in [3.8, 4) is 0 Å². The van der Waals surface area contributed by atoms with Gasteiger partial charge in [0.25, 0.3) is 0 Å². The molecule has 1 aliphatic carbocycles. The van der Waals surface area contributed by atoms with Gasteiger partial charge in [-0.15, -0.1) is 0 Å². The third-order valence-corrected chi connectivity index (χ3v) is 6.79. The van der Waals surface area contributed by atoms with Gasteiger partial charge >= 0.3 is 0 Å². The number of nitrogens with zero attached hydrogens (tertiary/aromatic N) is 1. The highest BCUT2D eigenvalue weighted by Crippen LogP contribution is 2.31. The molecule has 0 saturated heterocycles. The van der Waals surface area contributed by atoms with Crippen LogP contribution in [0.1, 0.15) is 38.2 Å². The normalized spacial score (nSPS) is 25.7. The van der Waals surface area contributed by atoms with Crippen molar-refractivity contribution in [2.75, 3.05) is 18.9 Å². The van der Waals surface area contributed by atoms with Crippen LogP contribution in [0.2, 0.25) is 0 Å². The number of anilines is 1. The van der Waals surface area contributed by atoms with E-state index in [-0.39, 0.29) is 6.04 Å². The van der Waals surface area contributed by atoms with Crippen molar-refractivity contribution in [1.82, 2.24) is 4.31 Å². The maximum atomic E-state index is 12.8. The smallest absolute Gasteiger partial charge is 0.243 e. The number of sulfonamides is 1. The molecule has 0 spiro atoms. The number of nitrogens with one attached hydrogen (secondary N) is 1. The van der Waals surface area contributed by atoms with Crippen molar-refractivity contribution >= 4 is 15.7 Å². The summed E-state index contributed by atoms with van der Waals surface area (Å²) in [7, 11) is -1.64. The Balaban J connectivity index is 1.85. The quantitative estimate of drug-likeness (QED) is 0.934. The first-order chi connectivity index (χ1) is 9.98. The molecule has 0 aromatic heterocycles. The van der Waals surface area contributed by atoms with E-state index in [9.17, 15) is 8.42 Å². The Labute approximate surface area is 127 Å². The minimum Gasteiger partial charge on any atom is -0.384 e. The molecule has 1 aromatic rings. The first-order valence-electron chi connectivity index (χ1n) is 7.83. The first kappa shape index (κ1) is 14.9. The van der Waals surface area contributed by atoms with E-state index in [1.807, 2.05) is 12.1 Å². The Hall–Kier alpha value is -1.07. The van der Waals surface area contributed by atoms with E-state index in [0.717, 1.165) is 43.5 Å². The first-order valence-corrected chi connectivity index (χ1v) is 9.27. The summed E-state index contributed by atoms with van der Waals surface area (Å²) in [5, 5.41) is 3.27. The molecule has 5 heteroatoms. The number of hydrogen-bond donors (Lipinski definition) is 1. The molecule has 0 amide bonds. The second kappa shape index (κ2) is 5.61. The highest BCUT2D eigenvalue weighted by molar-refractivity contribution is 7.89. The zero-order chi connectivity index (χ0) is 15.0. The van der Waals surface area contributed by atoms with E-state index in [2.05, 4.69) is 12.2 Å². The molecule has 21 heavy (non-hydrogen) atoms. The Morgan fingerprint density at radius 3 is 2.86 bits per heavy atom. The lowest BCUT2D eigenvalue weighted by atomic mass is 9.87. The van der Waals surface area contributed by atoms with Crippen LogP contribution in [0.15, 0.2) is 23.1 Å². The maximum absolute atomic E-state index is 12.8. The zero-order valence-electron chi connectivity index (χ0n) is 12.8. The summed E-state index contributed by atoms with van der Waals surface area (Å²) in [5.74, 6) is 0.616. The second-order valence-corrected chi connectivity index (χ2v) is 8.44. The monoisotopic (exact) mass is 308 g/mol. The van der Waals surface area contributed by atoms with Gasteiger partial charge in [-0.3, -0.25) is 0 Å². The molecule has 2 atom stereocenters. The van der Waals surface area contributed by atoms with E-state index < -0.39 is 10.0 Å². The van der Waals surface area contributed by atoms with E-state index in [1.54, 1.807) is 17.4 Å². The van der Waals surface area contributed by atoms with Crippen LogP contribution in [0.4, 0.5) is 5.69 Å². The zero-order valence-corrected chi connectivity index (χ0v) is 13.6. The van der Waals surface area contributed by atoms with Gasteiger partial charge in [-0.05, 0) is 48.9 Å². The number of hydrogen-bond acceptors (Lipinski definition) is 3. The molecular formula is C16H24N2O2S. The van der Waals surface area contributed by atoms with Crippen molar-refractivity contribution in [2.24, 2.45) is 5.92 Å². The van der Waals surface area contributed by atoms with Crippen LogP contribution in [0.5, 0.6) is 0 Å². The standard InChI is InChI=1S/C16H24N2O2S/c1-12-4-3-5-14(10-12)18(2)21(19,20)15-6-7-16-13(11-15)8-9-17-16/h6-7,11-12,14,17H,3-5,8-10H2,1-2H3. The number of rotatable bonds is 3. The van der Waals surface area contributed by atoms with Crippen LogP contribution in [0.25, 0.3) is 0 Å². The van der Waals surface area contributed by atoms with Crippen LogP contribution in [-0.4, -0.2) is 32.4 Å². The van der Waals surface area contributed by atoms with Gasteiger partial charge in [0.05, 0.1) is 4.90 Å². The lowest BCUT2D eigenvalue weighted by Crippen LogP contribution is -2.39. The summed E-state index contributed by atoms with van der Waals surface area (Å²) in [6, 6.07) is 5.61. The van der Waals surface area contributed by atoms with E-state index in [0.29, 0.717) is 10.8 Å². The van der Waals surface area contributed by atoms with Crippen LogP contribution >= 0.6 is 0 Å². The summed E-state index contributed by atoms with van der Waals surface area (Å²) in [6.07, 6.45) is 5.20. The molecule has 0 bridgehead atoms. The molecule has 2 aliphatic rings. The lowest BCUT2D eigenvalue weighted by molar-refractivity contribution is 0.239. The maximum Gasteiger partial charge on any atom is 0.243 e. The Bertz CT molecular complexity index is 627. The molecule has 1 fully saturated rings. The third kappa shape index (κ3) is 2.81. The average molecular weight is 308 g/mol. The third-order valence-electron chi connectivity index (χ3n) is 4.89. The molecule has 2 unspecified atom stereocenters. The summed E-state index contributed by atoms with van der Waals surface area (Å²) in [6.45, 7) is 3.11. The molecule has 1 N–H and O–H groups in total. The van der Waals surface area contributed by atoms with Gasteiger partial charge < -0.3 is 5.32 Å². The fourth-order valence-corrected chi connectivity index (χ4v) is 4.98. The highest BCUT2D eigenvalue weighted by Gasteiger charge is 2.31. The predicted octanol–water partition coefficient (Wildman–Crippen LogP) is 2.85. The van der Waals surface area contributed by atoms with Crippen molar-refractivity contribution in [2.45, 2.75) is 50.0 Å². The molecule has 1 saturated carbocycles. The van der Waals surface area contributed by atoms with Crippen LogP contribution < -0.4 is 5.32 Å². The lowest BCUT2D eigenvalue weighted by Gasteiger charge is -2.33. The minimum absolute atomic E-state index is 0.144. The molecule has 3 rings (SSSR count). The van der Waals surface area contributed by atoms with Gasteiger partial charge in [0, 0.05) is 25.3 Å². The Kier molecular flexibility index (Phi) is 3.97. The largest absolute Gasteiger partial charge is 0.384 e. The van der Waals surface area contributed by atoms with Crippen LogP contribution in [0, 0.1) is 5.92 Å². The van der Waals surface area contributed by atoms with Crippen LogP contribution in [-0.2, 0) is 16.4 Å². The van der Waals surface area contributed by atoms with E-state index in [4.69, 9.17) is 0 Å². The Morgan fingerprint density at radius 2 is 2.10 bits per heavy atom. The molecule has 116 valence electrons. The van der Waals surface area contributed by atoms with Gasteiger partial charge in [-0.2, -0.15) is 4.31 Å². The van der Waals surface area contributed by atoms with Crippen molar-refractivity contribution in [3.63, 3.8) is 0 Å². The average Bonchev–Trinajstić information content (AvgIpc) is 2.93. The summed E-state index contributed by atoms with van der Waals surface area (Å²) in [4.78, 5) is 0.436. The second-order valence-electron chi connectivity index (χ2n) is 6.44. The van der Waals surface area contributed by atoms with E-state index in [1.165, 1.54) is 6.42 Å². The SMILES string of the molecule is CC1CCCC(N(C)S(=O)(=O)c2ccc3c(c2)CCN3)C1. The fraction of sp³-hybridized carbons (Fsp3) is 0.625. The van der Waals surface area contributed by atoms with Gasteiger partial charge in [0.15, 0.2) is 0 Å². The van der Waals surface area contributed by atoms with Crippen molar-refractivity contribution in [1.29, 1.82) is 0 Å². The van der Waals surface area contributed by atoms with Crippen LogP contribution in [0.3, 0.4) is 0 Å². The van der Waals surface area contributed by atoms with Gasteiger partial charge in [0.2, 0.25) is 10.0 Å². The molecule has 1 aliphatic heterocycles. The molecule has 1 heterocycles. The molecule has 4 nitrogen and oxygen atoms in total. The predicted molar refractivity (Wildman–Crippen MR) is 85.0 cm³/mol. The summed E-state index contributed by atoms with van der Waals surface area (Å²) in [5.41, 5.74) is 2.18. The van der Waals surface area contributed by atoms with Crippen molar-refractivity contribution < 1.29 is 8.42 Å². The van der Waals surface area contributed by atoms with Gasteiger partial charge in [0.1, 0.15) is 0 Å². The molecule has 0 radical (unpaired) electrons. The Morgan fingerprint density at radius 1 is 1.29 bits per heavy atom. The molecule has 1 aromatic carbocycles. The topological polar surface area (TPSA) is 49.4 Å².